The Morgan fingerprint density at radius 2 is 2.28 bits per heavy atom. The second-order valence-electron chi connectivity index (χ2n) is 3.89. The second-order valence-corrected chi connectivity index (χ2v) is 4.87. The normalized spacial score (nSPS) is 11.6. The topological polar surface area (TPSA) is 65.8 Å². The van der Waals surface area contributed by atoms with E-state index in [4.69, 9.17) is 5.26 Å². The molecule has 0 fully saturated rings. The van der Waals surface area contributed by atoms with Gasteiger partial charge in [-0.2, -0.15) is 5.26 Å². The second kappa shape index (κ2) is 8.54. The van der Waals surface area contributed by atoms with Crippen LogP contribution in [0.15, 0.2) is 24.5 Å². The Morgan fingerprint density at radius 3 is 2.89 bits per heavy atom. The number of nitrogens with zero attached hydrogens (tertiary/aromatic N) is 2. The minimum Gasteiger partial charge on any atom is -0.340 e. The van der Waals surface area contributed by atoms with Crippen LogP contribution in [-0.4, -0.2) is 22.7 Å². The van der Waals surface area contributed by atoms with Crippen molar-refractivity contribution in [2.45, 2.75) is 31.6 Å². The van der Waals surface area contributed by atoms with Crippen molar-refractivity contribution < 1.29 is 4.79 Å². The zero-order valence-electron chi connectivity index (χ0n) is 10.4. The predicted octanol–water partition coefficient (Wildman–Crippen LogP) is 2.12. The zero-order chi connectivity index (χ0) is 13.2. The Labute approximate surface area is 112 Å². The van der Waals surface area contributed by atoms with Crippen molar-refractivity contribution in [3.8, 4) is 6.07 Å². The summed E-state index contributed by atoms with van der Waals surface area (Å²) in [7, 11) is 0. The first-order valence-electron chi connectivity index (χ1n) is 5.92. The summed E-state index contributed by atoms with van der Waals surface area (Å²) in [5.41, 5.74) is 1.15. The van der Waals surface area contributed by atoms with Crippen molar-refractivity contribution in [2.75, 3.05) is 5.75 Å². The highest BCUT2D eigenvalue weighted by atomic mass is 32.2. The number of thioether (sulfide) groups is 1. The van der Waals surface area contributed by atoms with Gasteiger partial charge < -0.3 is 5.32 Å². The summed E-state index contributed by atoms with van der Waals surface area (Å²) in [5, 5.41) is 11.6. The van der Waals surface area contributed by atoms with Crippen molar-refractivity contribution >= 4 is 17.7 Å². The summed E-state index contributed by atoms with van der Waals surface area (Å²) in [4.78, 5) is 15.5. The molecule has 1 rings (SSSR count). The van der Waals surface area contributed by atoms with E-state index >= 15 is 0 Å². The Hall–Kier alpha value is -1.54. The molecule has 1 atom stereocenters. The van der Waals surface area contributed by atoms with E-state index in [1.165, 1.54) is 11.8 Å². The van der Waals surface area contributed by atoms with Gasteiger partial charge in [0.25, 0.3) is 0 Å². The molecule has 1 unspecified atom stereocenters. The molecule has 0 saturated carbocycles. The lowest BCUT2D eigenvalue weighted by Crippen LogP contribution is -2.34. The monoisotopic (exact) mass is 263 g/mol. The van der Waals surface area contributed by atoms with Crippen LogP contribution in [0.5, 0.6) is 0 Å². The summed E-state index contributed by atoms with van der Waals surface area (Å²) in [6.45, 7) is 1.99. The van der Waals surface area contributed by atoms with Crippen LogP contribution in [0.2, 0.25) is 0 Å². The van der Waals surface area contributed by atoms with E-state index < -0.39 is 0 Å². The van der Waals surface area contributed by atoms with Crippen molar-refractivity contribution in [3.05, 3.63) is 30.1 Å². The highest BCUT2D eigenvalue weighted by Crippen LogP contribution is 2.10. The number of nitriles is 1. The maximum Gasteiger partial charge on any atom is 0.231 e. The fourth-order valence-electron chi connectivity index (χ4n) is 1.43. The Bertz CT molecular complexity index is 402. The SMILES string of the molecule is CCCC(C#N)NC(=O)CSCc1ccncc1. The number of carbonyl (C=O) groups excluding carboxylic acids is 1. The number of aromatic nitrogens is 1. The summed E-state index contributed by atoms with van der Waals surface area (Å²) < 4.78 is 0. The van der Waals surface area contributed by atoms with Crippen LogP contribution in [0.4, 0.5) is 0 Å². The molecule has 0 radical (unpaired) electrons. The molecular weight excluding hydrogens is 246 g/mol. The van der Waals surface area contributed by atoms with Crippen LogP contribution in [0.1, 0.15) is 25.3 Å². The van der Waals surface area contributed by atoms with Gasteiger partial charge in [-0.3, -0.25) is 9.78 Å². The smallest absolute Gasteiger partial charge is 0.231 e. The number of hydrogen-bond donors (Lipinski definition) is 1. The fourth-order valence-corrected chi connectivity index (χ4v) is 2.23. The lowest BCUT2D eigenvalue weighted by atomic mass is 10.2. The first kappa shape index (κ1) is 14.5. The maximum absolute atomic E-state index is 11.6. The quantitative estimate of drug-likeness (QED) is 0.818. The van der Waals surface area contributed by atoms with Gasteiger partial charge in [0.1, 0.15) is 6.04 Å². The third kappa shape index (κ3) is 5.69. The molecule has 5 heteroatoms. The van der Waals surface area contributed by atoms with Gasteiger partial charge in [0.2, 0.25) is 5.91 Å². The van der Waals surface area contributed by atoms with Crippen LogP contribution in [0, 0.1) is 11.3 Å². The van der Waals surface area contributed by atoms with Gasteiger partial charge in [-0.15, -0.1) is 11.8 Å². The van der Waals surface area contributed by atoms with Crippen LogP contribution in [0.25, 0.3) is 0 Å². The molecule has 1 N–H and O–H groups in total. The molecule has 1 aromatic heterocycles. The number of amides is 1. The molecule has 4 nitrogen and oxygen atoms in total. The van der Waals surface area contributed by atoms with Gasteiger partial charge in [-0.25, -0.2) is 0 Å². The average molecular weight is 263 g/mol. The Balaban J connectivity index is 2.23. The minimum absolute atomic E-state index is 0.0749. The van der Waals surface area contributed by atoms with E-state index in [1.54, 1.807) is 12.4 Å². The first-order chi connectivity index (χ1) is 8.76. The summed E-state index contributed by atoms with van der Waals surface area (Å²) in [5.74, 6) is 1.08. The molecule has 0 aliphatic heterocycles. The maximum atomic E-state index is 11.6. The van der Waals surface area contributed by atoms with Crippen LogP contribution in [0.3, 0.4) is 0 Å². The Kier molecular flexibility index (Phi) is 6.89. The van der Waals surface area contributed by atoms with Gasteiger partial charge in [0, 0.05) is 18.1 Å². The molecular formula is C13H17N3OS. The number of carbonyl (C=O) groups is 1. The van der Waals surface area contributed by atoms with Gasteiger partial charge in [-0.05, 0) is 24.1 Å². The molecule has 1 aromatic rings. The lowest BCUT2D eigenvalue weighted by Gasteiger charge is -2.10. The standard InChI is InChI=1S/C13H17N3OS/c1-2-3-12(8-14)16-13(17)10-18-9-11-4-6-15-7-5-11/h4-7,12H,2-3,9-10H2,1H3,(H,16,17). The average Bonchev–Trinajstić information content (AvgIpc) is 2.39. The van der Waals surface area contributed by atoms with Crippen molar-refractivity contribution in [1.29, 1.82) is 5.26 Å². The van der Waals surface area contributed by atoms with Gasteiger partial charge in [0.05, 0.1) is 11.8 Å². The summed E-state index contributed by atoms with van der Waals surface area (Å²) >= 11 is 1.54. The number of hydrogen-bond acceptors (Lipinski definition) is 4. The molecule has 0 aromatic carbocycles. The van der Waals surface area contributed by atoms with E-state index in [1.807, 2.05) is 19.1 Å². The predicted molar refractivity (Wildman–Crippen MR) is 72.9 cm³/mol. The molecule has 1 amide bonds. The largest absolute Gasteiger partial charge is 0.340 e. The van der Waals surface area contributed by atoms with E-state index in [2.05, 4.69) is 16.4 Å². The summed E-state index contributed by atoms with van der Waals surface area (Å²) in [6, 6.07) is 5.60. The lowest BCUT2D eigenvalue weighted by molar-refractivity contribution is -0.118. The molecule has 0 aliphatic rings. The molecule has 0 aliphatic carbocycles. The summed E-state index contributed by atoms with van der Waals surface area (Å²) in [6.07, 6.45) is 5.08. The molecule has 1 heterocycles. The van der Waals surface area contributed by atoms with Gasteiger partial charge in [0.15, 0.2) is 0 Å². The first-order valence-corrected chi connectivity index (χ1v) is 7.07. The zero-order valence-corrected chi connectivity index (χ0v) is 11.2. The van der Waals surface area contributed by atoms with Crippen molar-refractivity contribution in [3.63, 3.8) is 0 Å². The van der Waals surface area contributed by atoms with E-state index in [0.717, 1.165) is 17.7 Å². The molecule has 96 valence electrons. The van der Waals surface area contributed by atoms with Gasteiger partial charge >= 0.3 is 0 Å². The molecule has 18 heavy (non-hydrogen) atoms. The highest BCUT2D eigenvalue weighted by Gasteiger charge is 2.09. The molecule has 0 spiro atoms. The van der Waals surface area contributed by atoms with E-state index in [0.29, 0.717) is 12.2 Å². The molecule has 0 bridgehead atoms. The van der Waals surface area contributed by atoms with Crippen LogP contribution >= 0.6 is 11.8 Å². The number of pyridine rings is 1. The third-order valence-electron chi connectivity index (χ3n) is 2.32. The Morgan fingerprint density at radius 1 is 1.56 bits per heavy atom. The number of rotatable bonds is 7. The van der Waals surface area contributed by atoms with Crippen molar-refractivity contribution in [1.82, 2.24) is 10.3 Å². The minimum atomic E-state index is -0.357. The van der Waals surface area contributed by atoms with Crippen LogP contribution < -0.4 is 5.32 Å². The van der Waals surface area contributed by atoms with Crippen molar-refractivity contribution in [2.24, 2.45) is 0 Å². The highest BCUT2D eigenvalue weighted by molar-refractivity contribution is 7.99. The molecule has 0 saturated heterocycles. The van der Waals surface area contributed by atoms with Gasteiger partial charge in [-0.1, -0.05) is 13.3 Å². The fraction of sp³-hybridized carbons (Fsp3) is 0.462. The third-order valence-corrected chi connectivity index (χ3v) is 3.32. The van der Waals surface area contributed by atoms with Crippen LogP contribution in [-0.2, 0) is 10.5 Å². The van der Waals surface area contributed by atoms with E-state index in [9.17, 15) is 4.79 Å². The number of nitrogens with one attached hydrogen (secondary N) is 1. The van der Waals surface area contributed by atoms with E-state index in [-0.39, 0.29) is 11.9 Å².